The molecule has 0 saturated heterocycles. The van der Waals surface area contributed by atoms with E-state index in [1.54, 1.807) is 6.07 Å². The van der Waals surface area contributed by atoms with Crippen LogP contribution in [-0.2, 0) is 6.54 Å². The van der Waals surface area contributed by atoms with Crippen molar-refractivity contribution in [3.8, 4) is 17.3 Å². The topological polar surface area (TPSA) is 80.1 Å². The largest absolute Gasteiger partial charge is 0.485 e. The van der Waals surface area contributed by atoms with Crippen LogP contribution in [0, 0.1) is 0 Å². The first-order valence-corrected chi connectivity index (χ1v) is 8.93. The Kier molecular flexibility index (Phi) is 5.39. The van der Waals surface area contributed by atoms with Crippen LogP contribution in [0.3, 0.4) is 0 Å². The summed E-state index contributed by atoms with van der Waals surface area (Å²) >= 11 is 6.21. The van der Waals surface area contributed by atoms with E-state index in [2.05, 4.69) is 25.4 Å². The van der Waals surface area contributed by atoms with Crippen molar-refractivity contribution in [2.45, 2.75) is 19.5 Å². The number of hydrogen-bond acceptors (Lipinski definition) is 6. The normalized spacial score (nSPS) is 12.0. The highest BCUT2D eigenvalue weighted by molar-refractivity contribution is 6.32. The molecule has 0 amide bonds. The quantitative estimate of drug-likeness (QED) is 0.307. The Balaban J connectivity index is 1.66. The van der Waals surface area contributed by atoms with Crippen LogP contribution in [0.4, 0.5) is 27.6 Å². The summed E-state index contributed by atoms with van der Waals surface area (Å²) in [7, 11) is 0. The summed E-state index contributed by atoms with van der Waals surface area (Å²) in [6.07, 6.45) is -4.78. The number of rotatable bonds is 6. The van der Waals surface area contributed by atoms with Crippen molar-refractivity contribution < 1.29 is 31.1 Å². The Hall–Kier alpha value is -3.41. The van der Waals surface area contributed by atoms with Gasteiger partial charge in [-0.15, -0.1) is 10.2 Å². The molecule has 0 unspecified atom stereocenters. The second kappa shape index (κ2) is 8.02. The number of alkyl halides is 5. The van der Waals surface area contributed by atoms with Gasteiger partial charge in [-0.1, -0.05) is 11.6 Å². The maximum Gasteiger partial charge on any atom is 0.485 e. The molecule has 0 radical (unpaired) electrons. The number of anilines is 1. The first kappa shape index (κ1) is 20.8. The summed E-state index contributed by atoms with van der Waals surface area (Å²) in [5, 5.41) is 13.9. The van der Waals surface area contributed by atoms with E-state index >= 15 is 0 Å². The monoisotopic (exact) mass is 459 g/mol. The minimum absolute atomic E-state index is 0.0832. The third-order valence-corrected chi connectivity index (χ3v) is 4.61. The SMILES string of the molecule is FC(F)Oc1ccc(N(Cc2cc3oc(-c4nn[nH]n4)cc3cc2Cl)C(F)(F)F)cc1. The molecule has 0 spiro atoms. The number of nitrogens with zero attached hydrogens (tertiary/aromatic N) is 4. The minimum Gasteiger partial charge on any atom is -0.453 e. The van der Waals surface area contributed by atoms with Crippen molar-refractivity contribution in [2.24, 2.45) is 0 Å². The minimum atomic E-state index is -4.78. The zero-order valence-electron chi connectivity index (χ0n) is 15.2. The maximum absolute atomic E-state index is 13.7. The fourth-order valence-electron chi connectivity index (χ4n) is 2.90. The van der Waals surface area contributed by atoms with Crippen molar-refractivity contribution in [1.82, 2.24) is 20.6 Å². The lowest BCUT2D eigenvalue weighted by Gasteiger charge is -2.27. The van der Waals surface area contributed by atoms with Crippen LogP contribution in [0.1, 0.15) is 5.56 Å². The summed E-state index contributed by atoms with van der Waals surface area (Å²) < 4.78 is 75.5. The molecule has 162 valence electrons. The second-order valence-corrected chi connectivity index (χ2v) is 6.66. The zero-order chi connectivity index (χ0) is 22.2. The Labute approximate surface area is 175 Å². The van der Waals surface area contributed by atoms with Crippen LogP contribution in [0.15, 0.2) is 46.9 Å². The van der Waals surface area contributed by atoms with Crippen molar-refractivity contribution in [3.05, 3.63) is 53.1 Å². The number of halogens is 6. The molecule has 2 aromatic carbocycles. The van der Waals surface area contributed by atoms with Gasteiger partial charge in [-0.05, 0) is 53.2 Å². The summed E-state index contributed by atoms with van der Waals surface area (Å²) in [6, 6.07) is 8.53. The fourth-order valence-corrected chi connectivity index (χ4v) is 3.14. The van der Waals surface area contributed by atoms with Crippen molar-refractivity contribution >= 4 is 28.3 Å². The molecule has 0 aliphatic rings. The van der Waals surface area contributed by atoms with E-state index in [1.165, 1.54) is 12.1 Å². The van der Waals surface area contributed by atoms with Gasteiger partial charge < -0.3 is 9.15 Å². The number of fused-ring (bicyclic) bond motifs is 1. The standard InChI is InChI=1S/C18H11ClF5N5O2/c19-13-5-9-6-15(16-25-27-28-26-16)31-14(9)7-10(13)8-29(18(22,23)24)11-1-3-12(4-2-11)30-17(20)21/h1-7,17H,8H2,(H,25,26,27,28). The molecule has 0 bridgehead atoms. The number of furan rings is 1. The number of tetrazole rings is 1. The molecule has 0 saturated carbocycles. The molecular formula is C18H11ClF5N5O2. The predicted molar refractivity (Wildman–Crippen MR) is 99.7 cm³/mol. The third-order valence-electron chi connectivity index (χ3n) is 4.26. The van der Waals surface area contributed by atoms with Gasteiger partial charge in [0.25, 0.3) is 0 Å². The van der Waals surface area contributed by atoms with Gasteiger partial charge in [-0.2, -0.15) is 27.2 Å². The highest BCUT2D eigenvalue weighted by atomic mass is 35.5. The number of aromatic nitrogens is 4. The van der Waals surface area contributed by atoms with Gasteiger partial charge in [0.2, 0.25) is 5.82 Å². The van der Waals surface area contributed by atoms with E-state index in [1.807, 2.05) is 0 Å². The van der Waals surface area contributed by atoms with Gasteiger partial charge in [-0.3, -0.25) is 4.90 Å². The lowest BCUT2D eigenvalue weighted by Crippen LogP contribution is -2.37. The van der Waals surface area contributed by atoms with E-state index in [-0.39, 0.29) is 44.1 Å². The van der Waals surface area contributed by atoms with E-state index in [9.17, 15) is 22.0 Å². The van der Waals surface area contributed by atoms with Crippen LogP contribution < -0.4 is 9.64 Å². The number of aromatic amines is 1. The highest BCUT2D eigenvalue weighted by Gasteiger charge is 2.38. The summed E-state index contributed by atoms with van der Waals surface area (Å²) in [5.41, 5.74) is 0.132. The van der Waals surface area contributed by atoms with Gasteiger partial charge in [0.05, 0.1) is 6.54 Å². The molecule has 0 atom stereocenters. The molecule has 0 fully saturated rings. The van der Waals surface area contributed by atoms with E-state index < -0.39 is 19.5 Å². The van der Waals surface area contributed by atoms with Gasteiger partial charge in [0, 0.05) is 16.1 Å². The van der Waals surface area contributed by atoms with Crippen molar-refractivity contribution in [3.63, 3.8) is 0 Å². The zero-order valence-corrected chi connectivity index (χ0v) is 16.0. The first-order chi connectivity index (χ1) is 14.7. The molecule has 4 aromatic rings. The van der Waals surface area contributed by atoms with E-state index in [4.69, 9.17) is 16.0 Å². The molecule has 4 rings (SSSR count). The number of benzene rings is 2. The first-order valence-electron chi connectivity index (χ1n) is 8.56. The van der Waals surface area contributed by atoms with Crippen LogP contribution in [0.2, 0.25) is 5.02 Å². The van der Waals surface area contributed by atoms with Crippen molar-refractivity contribution in [2.75, 3.05) is 4.90 Å². The number of ether oxygens (including phenoxy) is 1. The highest BCUT2D eigenvalue weighted by Crippen LogP contribution is 2.35. The van der Waals surface area contributed by atoms with E-state index in [0.29, 0.717) is 5.39 Å². The molecule has 0 aliphatic carbocycles. The summed E-state index contributed by atoms with van der Waals surface area (Å²) in [4.78, 5) is 0.120. The Morgan fingerprint density at radius 1 is 1.13 bits per heavy atom. The maximum atomic E-state index is 13.7. The lowest BCUT2D eigenvalue weighted by atomic mass is 10.1. The van der Waals surface area contributed by atoms with Crippen molar-refractivity contribution in [1.29, 1.82) is 0 Å². The smallest absolute Gasteiger partial charge is 0.453 e. The Bertz CT molecular complexity index is 1180. The third kappa shape index (κ3) is 4.53. The van der Waals surface area contributed by atoms with E-state index in [0.717, 1.165) is 24.3 Å². The van der Waals surface area contributed by atoms with Crippen LogP contribution in [0.5, 0.6) is 5.75 Å². The molecule has 2 aromatic heterocycles. The lowest BCUT2D eigenvalue weighted by molar-refractivity contribution is -0.130. The number of nitrogens with one attached hydrogen (secondary N) is 1. The molecule has 13 heteroatoms. The van der Waals surface area contributed by atoms with Gasteiger partial charge >= 0.3 is 12.9 Å². The molecule has 31 heavy (non-hydrogen) atoms. The van der Waals surface area contributed by atoms with Crippen LogP contribution in [-0.4, -0.2) is 33.5 Å². The summed E-state index contributed by atoms with van der Waals surface area (Å²) in [6.45, 7) is -3.73. The van der Waals surface area contributed by atoms with Crippen LogP contribution >= 0.6 is 11.6 Å². The number of H-pyrrole nitrogens is 1. The second-order valence-electron chi connectivity index (χ2n) is 6.25. The van der Waals surface area contributed by atoms with Gasteiger partial charge in [-0.25, -0.2) is 0 Å². The molecular weight excluding hydrogens is 449 g/mol. The average molecular weight is 460 g/mol. The average Bonchev–Trinajstić information content (AvgIpc) is 3.35. The van der Waals surface area contributed by atoms with Crippen LogP contribution in [0.25, 0.3) is 22.6 Å². The van der Waals surface area contributed by atoms with Gasteiger partial charge in [0.15, 0.2) is 5.76 Å². The molecule has 1 N–H and O–H groups in total. The molecule has 2 heterocycles. The van der Waals surface area contributed by atoms with Gasteiger partial charge in [0.1, 0.15) is 11.3 Å². The summed E-state index contributed by atoms with van der Waals surface area (Å²) in [5.74, 6) is 0.182. The predicted octanol–water partition coefficient (Wildman–Crippen LogP) is 5.39. The fraction of sp³-hybridized carbons (Fsp3) is 0.167. The molecule has 7 nitrogen and oxygen atoms in total. The number of hydrogen-bond donors (Lipinski definition) is 1. The Morgan fingerprint density at radius 3 is 2.48 bits per heavy atom. The molecule has 0 aliphatic heterocycles. The Morgan fingerprint density at radius 2 is 1.87 bits per heavy atom.